The number of nitrogens with two attached hydrogens (primary N) is 2. The van der Waals surface area contributed by atoms with Crippen LogP contribution in [0, 0.1) is 0 Å². The zero-order valence-corrected chi connectivity index (χ0v) is 11.8. The zero-order chi connectivity index (χ0) is 15.5. The Morgan fingerprint density at radius 3 is 2.00 bits per heavy atom. The van der Waals surface area contributed by atoms with Crippen molar-refractivity contribution in [3.63, 3.8) is 0 Å². The normalized spacial score (nSPS) is 10.6. The van der Waals surface area contributed by atoms with E-state index in [1.807, 2.05) is 48.5 Å². The Labute approximate surface area is 127 Å². The summed E-state index contributed by atoms with van der Waals surface area (Å²) in [4.78, 5) is 11.9. The first kappa shape index (κ1) is 14.0. The van der Waals surface area contributed by atoms with Crippen LogP contribution in [-0.4, -0.2) is 20.1 Å². The van der Waals surface area contributed by atoms with Crippen LogP contribution in [-0.2, 0) is 6.61 Å². The lowest BCUT2D eigenvalue weighted by molar-refractivity contribution is 0.282. The monoisotopic (exact) mass is 293 g/mol. The highest BCUT2D eigenvalue weighted by atomic mass is 16.3. The second-order valence-corrected chi connectivity index (χ2v) is 4.77. The number of hydrogen-bond donors (Lipinski definition) is 3. The van der Waals surface area contributed by atoms with Gasteiger partial charge in [-0.2, -0.15) is 15.0 Å². The van der Waals surface area contributed by atoms with E-state index in [2.05, 4.69) is 15.0 Å². The molecule has 0 saturated heterocycles. The molecule has 1 aromatic heterocycles. The van der Waals surface area contributed by atoms with Crippen LogP contribution in [0.25, 0.3) is 22.5 Å². The minimum Gasteiger partial charge on any atom is -0.392 e. The molecule has 0 aliphatic rings. The lowest BCUT2D eigenvalue weighted by atomic mass is 9.99. The molecule has 0 bridgehead atoms. The summed E-state index contributed by atoms with van der Waals surface area (Å²) in [6.07, 6.45) is 0. The highest BCUT2D eigenvalue weighted by molar-refractivity contribution is 5.70. The number of aliphatic hydroxyl groups excluding tert-OH is 1. The van der Waals surface area contributed by atoms with E-state index in [-0.39, 0.29) is 18.5 Å². The molecule has 3 aromatic rings. The topological polar surface area (TPSA) is 111 Å². The summed E-state index contributed by atoms with van der Waals surface area (Å²) in [5, 5.41) is 9.42. The summed E-state index contributed by atoms with van der Waals surface area (Å²) in [5.74, 6) is 0.626. The van der Waals surface area contributed by atoms with Gasteiger partial charge in [-0.25, -0.2) is 0 Å². The predicted octanol–water partition coefficient (Wildman–Crippen LogP) is 1.86. The standard InChI is InChI=1S/C16H15N5O/c17-15-19-14(20-16(18)21-15)11-7-5-10(6-8-11)13-4-2-1-3-12(13)9-22/h1-8,22H,9H2,(H4,17,18,19,20,21). The number of rotatable bonds is 3. The van der Waals surface area contributed by atoms with Gasteiger partial charge in [-0.1, -0.05) is 48.5 Å². The average molecular weight is 293 g/mol. The number of hydrogen-bond acceptors (Lipinski definition) is 6. The summed E-state index contributed by atoms with van der Waals surface area (Å²) in [6.45, 7) is -0.00153. The fourth-order valence-corrected chi connectivity index (χ4v) is 2.28. The first-order valence-electron chi connectivity index (χ1n) is 6.74. The molecule has 0 aliphatic heterocycles. The van der Waals surface area contributed by atoms with E-state index in [9.17, 15) is 5.11 Å². The summed E-state index contributed by atoms with van der Waals surface area (Å²) in [6, 6.07) is 15.4. The van der Waals surface area contributed by atoms with Crippen molar-refractivity contribution >= 4 is 11.9 Å². The zero-order valence-electron chi connectivity index (χ0n) is 11.8. The van der Waals surface area contributed by atoms with Gasteiger partial charge in [0.2, 0.25) is 11.9 Å². The van der Waals surface area contributed by atoms with E-state index in [1.54, 1.807) is 0 Å². The van der Waals surface area contributed by atoms with Crippen molar-refractivity contribution < 1.29 is 5.11 Å². The number of nitrogen functional groups attached to an aromatic ring is 2. The fraction of sp³-hybridized carbons (Fsp3) is 0.0625. The Morgan fingerprint density at radius 2 is 1.36 bits per heavy atom. The van der Waals surface area contributed by atoms with Gasteiger partial charge >= 0.3 is 0 Å². The molecule has 0 aliphatic carbocycles. The molecule has 0 radical (unpaired) electrons. The first-order valence-corrected chi connectivity index (χ1v) is 6.74. The molecule has 0 spiro atoms. The van der Waals surface area contributed by atoms with Crippen LogP contribution in [0.5, 0.6) is 0 Å². The molecule has 0 fully saturated rings. The van der Waals surface area contributed by atoms with Gasteiger partial charge in [-0.15, -0.1) is 0 Å². The molecule has 5 N–H and O–H groups in total. The minimum absolute atomic E-state index is 0.00153. The number of nitrogens with zero attached hydrogens (tertiary/aromatic N) is 3. The summed E-state index contributed by atoms with van der Waals surface area (Å²) >= 11 is 0. The van der Waals surface area contributed by atoms with Crippen LogP contribution >= 0.6 is 0 Å². The highest BCUT2D eigenvalue weighted by Crippen LogP contribution is 2.26. The molecule has 6 nitrogen and oxygen atoms in total. The van der Waals surface area contributed by atoms with Gasteiger partial charge in [-0.05, 0) is 16.7 Å². The number of aromatic nitrogens is 3. The van der Waals surface area contributed by atoms with Crippen molar-refractivity contribution in [2.75, 3.05) is 11.5 Å². The molecule has 0 amide bonds. The molecule has 2 aromatic carbocycles. The summed E-state index contributed by atoms with van der Waals surface area (Å²) in [7, 11) is 0. The Hall–Kier alpha value is -2.99. The van der Waals surface area contributed by atoms with Crippen molar-refractivity contribution in [3.8, 4) is 22.5 Å². The molecule has 0 saturated carbocycles. The maximum absolute atomic E-state index is 9.42. The van der Waals surface area contributed by atoms with E-state index < -0.39 is 0 Å². The van der Waals surface area contributed by atoms with Crippen LogP contribution in [0.1, 0.15) is 5.56 Å². The number of benzene rings is 2. The van der Waals surface area contributed by atoms with Crippen molar-refractivity contribution in [2.24, 2.45) is 0 Å². The van der Waals surface area contributed by atoms with Gasteiger partial charge in [0.05, 0.1) is 6.61 Å². The van der Waals surface area contributed by atoms with E-state index in [0.717, 1.165) is 22.3 Å². The van der Waals surface area contributed by atoms with Gasteiger partial charge in [0.25, 0.3) is 0 Å². The van der Waals surface area contributed by atoms with Crippen molar-refractivity contribution in [1.82, 2.24) is 15.0 Å². The predicted molar refractivity (Wildman–Crippen MR) is 85.4 cm³/mol. The maximum Gasteiger partial charge on any atom is 0.225 e. The highest BCUT2D eigenvalue weighted by Gasteiger charge is 2.07. The largest absolute Gasteiger partial charge is 0.392 e. The van der Waals surface area contributed by atoms with Crippen LogP contribution in [0.15, 0.2) is 48.5 Å². The minimum atomic E-state index is -0.00153. The Balaban J connectivity index is 1.99. The lowest BCUT2D eigenvalue weighted by Crippen LogP contribution is -2.04. The second-order valence-electron chi connectivity index (χ2n) is 4.77. The van der Waals surface area contributed by atoms with E-state index in [1.165, 1.54) is 0 Å². The van der Waals surface area contributed by atoms with E-state index in [4.69, 9.17) is 11.5 Å². The Bertz CT molecular complexity index is 782. The van der Waals surface area contributed by atoms with E-state index >= 15 is 0 Å². The maximum atomic E-state index is 9.42. The molecule has 6 heteroatoms. The van der Waals surface area contributed by atoms with Crippen LogP contribution in [0.2, 0.25) is 0 Å². The van der Waals surface area contributed by atoms with E-state index in [0.29, 0.717) is 5.82 Å². The summed E-state index contributed by atoms with van der Waals surface area (Å²) < 4.78 is 0. The quantitative estimate of drug-likeness (QED) is 0.679. The first-order chi connectivity index (χ1) is 10.7. The molecule has 0 unspecified atom stereocenters. The number of anilines is 2. The van der Waals surface area contributed by atoms with Crippen molar-refractivity contribution in [2.45, 2.75) is 6.61 Å². The third-order valence-electron chi connectivity index (χ3n) is 3.31. The molecule has 0 atom stereocenters. The van der Waals surface area contributed by atoms with Crippen molar-refractivity contribution in [3.05, 3.63) is 54.1 Å². The molecular formula is C16H15N5O. The Kier molecular flexibility index (Phi) is 3.67. The van der Waals surface area contributed by atoms with Gasteiger partial charge < -0.3 is 16.6 Å². The van der Waals surface area contributed by atoms with Gasteiger partial charge in [0.15, 0.2) is 5.82 Å². The third kappa shape index (κ3) is 2.72. The lowest BCUT2D eigenvalue weighted by Gasteiger charge is -2.08. The molecule has 22 heavy (non-hydrogen) atoms. The smallest absolute Gasteiger partial charge is 0.225 e. The Morgan fingerprint density at radius 1 is 0.773 bits per heavy atom. The fourth-order valence-electron chi connectivity index (χ4n) is 2.28. The van der Waals surface area contributed by atoms with Gasteiger partial charge in [0.1, 0.15) is 0 Å². The van der Waals surface area contributed by atoms with Crippen LogP contribution < -0.4 is 11.5 Å². The van der Waals surface area contributed by atoms with Gasteiger partial charge in [-0.3, -0.25) is 0 Å². The second kappa shape index (κ2) is 5.79. The molecule has 1 heterocycles. The van der Waals surface area contributed by atoms with Crippen LogP contribution in [0.4, 0.5) is 11.9 Å². The molecular weight excluding hydrogens is 278 g/mol. The average Bonchev–Trinajstić information content (AvgIpc) is 2.54. The van der Waals surface area contributed by atoms with Gasteiger partial charge in [0, 0.05) is 5.56 Å². The third-order valence-corrected chi connectivity index (χ3v) is 3.31. The number of aliphatic hydroxyl groups is 1. The van der Waals surface area contributed by atoms with Crippen molar-refractivity contribution in [1.29, 1.82) is 0 Å². The van der Waals surface area contributed by atoms with Crippen LogP contribution in [0.3, 0.4) is 0 Å². The SMILES string of the molecule is Nc1nc(N)nc(-c2ccc(-c3ccccc3CO)cc2)n1. The molecule has 3 rings (SSSR count). The summed E-state index contributed by atoms with van der Waals surface area (Å²) in [5.41, 5.74) is 14.8. The molecule has 110 valence electrons.